The molecule has 0 aliphatic heterocycles. The first kappa shape index (κ1) is 20.4. The number of ether oxygens (including phenoxy) is 1. The number of aromatic nitrogens is 2. The number of rotatable bonds is 8. The highest BCUT2D eigenvalue weighted by Crippen LogP contribution is 2.16. The van der Waals surface area contributed by atoms with Gasteiger partial charge in [-0.05, 0) is 29.5 Å². The SMILES string of the molecule is COCCCn1c(O)c(C(=O)C=Cc2ccc(C(C)C)cc2)c(=O)[nH]c1=O. The Hall–Kier alpha value is -2.93. The summed E-state index contributed by atoms with van der Waals surface area (Å²) >= 11 is 0. The number of aromatic hydroxyl groups is 1. The number of hydrogen-bond donors (Lipinski definition) is 2. The predicted octanol–water partition coefficient (Wildman–Crippen LogP) is 2.30. The van der Waals surface area contributed by atoms with Crippen LogP contribution in [0, 0.1) is 0 Å². The summed E-state index contributed by atoms with van der Waals surface area (Å²) in [5, 5.41) is 10.3. The van der Waals surface area contributed by atoms with Crippen LogP contribution < -0.4 is 11.2 Å². The summed E-state index contributed by atoms with van der Waals surface area (Å²) in [5.41, 5.74) is -0.168. The molecule has 0 radical (unpaired) electrons. The molecule has 0 spiro atoms. The van der Waals surface area contributed by atoms with E-state index >= 15 is 0 Å². The molecule has 0 saturated carbocycles. The van der Waals surface area contributed by atoms with Gasteiger partial charge < -0.3 is 9.84 Å². The van der Waals surface area contributed by atoms with Crippen LogP contribution >= 0.6 is 0 Å². The minimum atomic E-state index is -0.912. The molecule has 0 amide bonds. The molecule has 0 bridgehead atoms. The zero-order valence-electron chi connectivity index (χ0n) is 15.7. The van der Waals surface area contributed by atoms with Crippen molar-refractivity contribution in [1.82, 2.24) is 9.55 Å². The first-order valence-electron chi connectivity index (χ1n) is 8.72. The summed E-state index contributed by atoms with van der Waals surface area (Å²) in [6, 6.07) is 7.67. The summed E-state index contributed by atoms with van der Waals surface area (Å²) < 4.78 is 5.87. The number of nitrogens with zero attached hydrogens (tertiary/aromatic N) is 1. The topological polar surface area (TPSA) is 101 Å². The van der Waals surface area contributed by atoms with Gasteiger partial charge in [0.1, 0.15) is 5.56 Å². The van der Waals surface area contributed by atoms with Crippen molar-refractivity contribution in [3.05, 3.63) is 67.9 Å². The molecule has 2 N–H and O–H groups in total. The van der Waals surface area contributed by atoms with Gasteiger partial charge in [0.15, 0.2) is 5.78 Å². The van der Waals surface area contributed by atoms with Crippen molar-refractivity contribution in [3.63, 3.8) is 0 Å². The molecular formula is C20H24N2O5. The monoisotopic (exact) mass is 372 g/mol. The number of carbonyl (C=O) groups excluding carboxylic acids is 1. The Labute approximate surface area is 156 Å². The van der Waals surface area contributed by atoms with E-state index in [0.29, 0.717) is 18.9 Å². The van der Waals surface area contributed by atoms with Crippen LogP contribution in [0.15, 0.2) is 39.9 Å². The van der Waals surface area contributed by atoms with Gasteiger partial charge >= 0.3 is 5.69 Å². The molecule has 2 aromatic rings. The lowest BCUT2D eigenvalue weighted by Crippen LogP contribution is -2.33. The maximum Gasteiger partial charge on any atom is 0.331 e. The number of nitrogens with one attached hydrogen (secondary N) is 1. The highest BCUT2D eigenvalue weighted by Gasteiger charge is 2.19. The minimum Gasteiger partial charge on any atom is -0.494 e. The van der Waals surface area contributed by atoms with E-state index in [4.69, 9.17) is 4.74 Å². The number of ketones is 1. The van der Waals surface area contributed by atoms with Gasteiger partial charge in [-0.15, -0.1) is 0 Å². The fourth-order valence-corrected chi connectivity index (χ4v) is 2.60. The second kappa shape index (κ2) is 9.14. The van der Waals surface area contributed by atoms with Crippen LogP contribution in [0.25, 0.3) is 6.08 Å². The third-order valence-corrected chi connectivity index (χ3v) is 4.18. The molecule has 1 aromatic carbocycles. The zero-order chi connectivity index (χ0) is 20.0. The van der Waals surface area contributed by atoms with Crippen LogP contribution in [0.5, 0.6) is 5.88 Å². The van der Waals surface area contributed by atoms with Crippen molar-refractivity contribution in [1.29, 1.82) is 0 Å². The van der Waals surface area contributed by atoms with Gasteiger partial charge in [-0.3, -0.25) is 19.1 Å². The second-order valence-electron chi connectivity index (χ2n) is 6.47. The highest BCUT2D eigenvalue weighted by molar-refractivity contribution is 6.07. The van der Waals surface area contributed by atoms with E-state index in [1.165, 1.54) is 18.7 Å². The van der Waals surface area contributed by atoms with Crippen molar-refractivity contribution in [2.75, 3.05) is 13.7 Å². The van der Waals surface area contributed by atoms with Gasteiger partial charge in [0.05, 0.1) is 0 Å². The average Bonchev–Trinajstić information content (AvgIpc) is 2.62. The quantitative estimate of drug-likeness (QED) is 0.421. The molecule has 0 fully saturated rings. The Morgan fingerprint density at radius 2 is 1.93 bits per heavy atom. The number of hydrogen-bond acceptors (Lipinski definition) is 5. The van der Waals surface area contributed by atoms with E-state index < -0.39 is 28.5 Å². The molecule has 2 rings (SSSR count). The Kier molecular flexibility index (Phi) is 6.90. The molecule has 0 unspecified atom stereocenters. The lowest BCUT2D eigenvalue weighted by Gasteiger charge is -2.09. The van der Waals surface area contributed by atoms with Gasteiger partial charge in [-0.25, -0.2) is 4.79 Å². The maximum absolute atomic E-state index is 12.4. The summed E-state index contributed by atoms with van der Waals surface area (Å²) in [7, 11) is 1.52. The summed E-state index contributed by atoms with van der Waals surface area (Å²) in [4.78, 5) is 38.4. The number of allylic oxidation sites excluding steroid dienone is 1. The van der Waals surface area contributed by atoms with Crippen LogP contribution in [-0.2, 0) is 11.3 Å². The van der Waals surface area contributed by atoms with Gasteiger partial charge in [0.2, 0.25) is 5.88 Å². The smallest absolute Gasteiger partial charge is 0.331 e. The predicted molar refractivity (Wildman–Crippen MR) is 103 cm³/mol. The van der Waals surface area contributed by atoms with Crippen molar-refractivity contribution in [2.24, 2.45) is 0 Å². The molecule has 0 atom stereocenters. The highest BCUT2D eigenvalue weighted by atomic mass is 16.5. The third kappa shape index (κ3) is 5.04. The summed E-state index contributed by atoms with van der Waals surface area (Å²) in [6.07, 6.45) is 3.21. The lowest BCUT2D eigenvalue weighted by atomic mass is 10.0. The largest absolute Gasteiger partial charge is 0.494 e. The van der Waals surface area contributed by atoms with Crippen LogP contribution in [0.1, 0.15) is 47.7 Å². The van der Waals surface area contributed by atoms with Gasteiger partial charge in [0, 0.05) is 20.3 Å². The van der Waals surface area contributed by atoms with E-state index in [9.17, 15) is 19.5 Å². The lowest BCUT2D eigenvalue weighted by molar-refractivity contribution is 0.104. The Morgan fingerprint density at radius 3 is 2.52 bits per heavy atom. The van der Waals surface area contributed by atoms with Crippen molar-refractivity contribution in [2.45, 2.75) is 32.7 Å². The minimum absolute atomic E-state index is 0.121. The molecule has 27 heavy (non-hydrogen) atoms. The summed E-state index contributed by atoms with van der Waals surface area (Å²) in [6.45, 7) is 4.67. The van der Waals surface area contributed by atoms with E-state index in [2.05, 4.69) is 18.8 Å². The standard InChI is InChI=1S/C20H24N2O5/c1-13(2)15-8-5-14(6-9-15)7-10-16(23)17-18(24)21-20(26)22(19(17)25)11-4-12-27-3/h5-10,13,25H,4,11-12H2,1-3H3,(H,21,24,26). The first-order chi connectivity index (χ1) is 12.8. The molecule has 0 aliphatic carbocycles. The van der Waals surface area contributed by atoms with Gasteiger partial charge in [-0.1, -0.05) is 44.2 Å². The molecule has 1 aromatic heterocycles. The fraction of sp³-hybridized carbons (Fsp3) is 0.350. The number of methoxy groups -OCH3 is 1. The van der Waals surface area contributed by atoms with Gasteiger partial charge in [-0.2, -0.15) is 0 Å². The number of H-pyrrole nitrogens is 1. The zero-order valence-corrected chi connectivity index (χ0v) is 15.7. The molecule has 144 valence electrons. The van der Waals surface area contributed by atoms with E-state index in [1.807, 2.05) is 24.3 Å². The fourth-order valence-electron chi connectivity index (χ4n) is 2.60. The molecule has 1 heterocycles. The van der Waals surface area contributed by atoms with E-state index in [0.717, 1.165) is 10.1 Å². The van der Waals surface area contributed by atoms with E-state index in [1.54, 1.807) is 6.08 Å². The van der Waals surface area contributed by atoms with E-state index in [-0.39, 0.29) is 6.54 Å². The molecule has 7 heteroatoms. The van der Waals surface area contributed by atoms with Crippen molar-refractivity contribution < 1.29 is 14.6 Å². The molecule has 0 saturated heterocycles. The Balaban J connectivity index is 2.28. The van der Waals surface area contributed by atoms with Crippen molar-refractivity contribution >= 4 is 11.9 Å². The molecule has 7 nitrogen and oxygen atoms in total. The van der Waals surface area contributed by atoms with Crippen LogP contribution in [0.3, 0.4) is 0 Å². The summed E-state index contributed by atoms with van der Waals surface area (Å²) in [5.74, 6) is -0.911. The van der Waals surface area contributed by atoms with Crippen LogP contribution in [-0.4, -0.2) is 34.2 Å². The number of aromatic amines is 1. The third-order valence-electron chi connectivity index (χ3n) is 4.18. The van der Waals surface area contributed by atoms with Crippen molar-refractivity contribution in [3.8, 4) is 5.88 Å². The van der Waals surface area contributed by atoms with Crippen LogP contribution in [0.2, 0.25) is 0 Å². The molecular weight excluding hydrogens is 348 g/mol. The number of carbonyl (C=O) groups is 1. The molecule has 0 aliphatic rings. The van der Waals surface area contributed by atoms with Crippen LogP contribution in [0.4, 0.5) is 0 Å². The van der Waals surface area contributed by atoms with Gasteiger partial charge in [0.25, 0.3) is 5.56 Å². The second-order valence-corrected chi connectivity index (χ2v) is 6.47. The Morgan fingerprint density at radius 1 is 1.26 bits per heavy atom. The average molecular weight is 372 g/mol. The first-order valence-corrected chi connectivity index (χ1v) is 8.72. The maximum atomic E-state index is 12.4. The normalized spacial score (nSPS) is 11.4. The Bertz CT molecular complexity index is 936. The number of benzene rings is 1.